The fraction of sp³-hybridized carbons (Fsp3) is 0.130. The van der Waals surface area contributed by atoms with Crippen LogP contribution in [-0.2, 0) is 13.3 Å². The zero-order chi connectivity index (χ0) is 24.1. The predicted octanol–water partition coefficient (Wildman–Crippen LogP) is 4.95. The molecule has 2 amide bonds. The number of benzene rings is 2. The van der Waals surface area contributed by atoms with E-state index in [-0.39, 0.29) is 23.8 Å². The number of halogens is 2. The monoisotopic (exact) mass is 498 g/mol. The van der Waals surface area contributed by atoms with Crippen LogP contribution >= 0.6 is 23.2 Å². The number of aryl methyl sites for hydroxylation is 1. The third-order valence-corrected chi connectivity index (χ3v) is 5.31. The number of rotatable bonds is 8. The molecule has 0 spiro atoms. The molecule has 2 heterocycles. The van der Waals surface area contributed by atoms with Crippen LogP contribution in [0, 0.1) is 0 Å². The number of nitrogens with one attached hydrogen (secondary N) is 2. The summed E-state index contributed by atoms with van der Waals surface area (Å²) in [5.41, 5.74) is 1.12. The summed E-state index contributed by atoms with van der Waals surface area (Å²) in [6, 6.07) is 15.5. The quantitative estimate of drug-likeness (QED) is 0.357. The number of nitrogens with zero attached hydrogens (tertiary/aromatic N) is 4. The summed E-state index contributed by atoms with van der Waals surface area (Å²) < 4.78 is 8.62. The Kier molecular flexibility index (Phi) is 7.15. The minimum atomic E-state index is -0.501. The van der Waals surface area contributed by atoms with Crippen LogP contribution < -0.4 is 15.4 Å². The zero-order valence-electron chi connectivity index (χ0n) is 18.0. The molecule has 4 aromatic rings. The predicted molar refractivity (Wildman–Crippen MR) is 130 cm³/mol. The largest absolute Gasteiger partial charge is 0.468 e. The van der Waals surface area contributed by atoms with Gasteiger partial charge in [0.2, 0.25) is 0 Å². The fourth-order valence-electron chi connectivity index (χ4n) is 3.05. The van der Waals surface area contributed by atoms with E-state index in [4.69, 9.17) is 27.9 Å². The molecule has 0 radical (unpaired) electrons. The molecule has 11 heteroatoms. The lowest BCUT2D eigenvalue weighted by Gasteiger charge is -2.09. The molecule has 0 saturated heterocycles. The average molecular weight is 499 g/mol. The second-order valence-electron chi connectivity index (χ2n) is 7.09. The second kappa shape index (κ2) is 10.4. The third kappa shape index (κ3) is 5.38. The Labute approximate surface area is 205 Å². The lowest BCUT2D eigenvalue weighted by Crippen LogP contribution is -2.18. The molecule has 4 rings (SSSR count). The van der Waals surface area contributed by atoms with Crippen molar-refractivity contribution < 1.29 is 14.3 Å². The highest BCUT2D eigenvalue weighted by Crippen LogP contribution is 2.32. The first kappa shape index (κ1) is 23.3. The number of aromatic nitrogens is 4. The van der Waals surface area contributed by atoms with Crippen LogP contribution in [0.2, 0.25) is 10.0 Å². The number of carbonyl (C=O) groups excluding carboxylic acids is 2. The molecule has 0 bridgehead atoms. The van der Waals surface area contributed by atoms with Crippen molar-refractivity contribution in [2.45, 2.75) is 20.2 Å². The van der Waals surface area contributed by atoms with Crippen molar-refractivity contribution >= 4 is 46.4 Å². The summed E-state index contributed by atoms with van der Waals surface area (Å²) in [5, 5.41) is 14.7. The van der Waals surface area contributed by atoms with Gasteiger partial charge in [-0.25, -0.2) is 4.68 Å². The standard InChI is InChI=1S/C23H20Cl2N6O3/c1-2-30-13-19(20(29-30)23(33)26-15-7-4-3-5-8-15)27-22(32)18-11-12-31(28-18)14-34-21-16(24)9-6-10-17(21)25/h3-13H,2,14H2,1H3,(H,26,33)(H,27,32). The van der Waals surface area contributed by atoms with E-state index in [1.807, 2.05) is 25.1 Å². The number of amides is 2. The van der Waals surface area contributed by atoms with Crippen LogP contribution in [0.3, 0.4) is 0 Å². The molecule has 34 heavy (non-hydrogen) atoms. The number of hydrogen-bond donors (Lipinski definition) is 2. The number of carbonyl (C=O) groups is 2. The van der Waals surface area contributed by atoms with Crippen LogP contribution in [0.4, 0.5) is 11.4 Å². The minimum Gasteiger partial charge on any atom is -0.468 e. The molecule has 0 aliphatic carbocycles. The van der Waals surface area contributed by atoms with Gasteiger partial charge in [-0.05, 0) is 37.3 Å². The van der Waals surface area contributed by atoms with Gasteiger partial charge in [-0.3, -0.25) is 14.3 Å². The molecular weight excluding hydrogens is 479 g/mol. The molecule has 2 aromatic heterocycles. The Morgan fingerprint density at radius 1 is 0.912 bits per heavy atom. The van der Waals surface area contributed by atoms with Gasteiger partial charge >= 0.3 is 0 Å². The molecule has 0 fully saturated rings. The lowest BCUT2D eigenvalue weighted by molar-refractivity contribution is 0.102. The highest BCUT2D eigenvalue weighted by atomic mass is 35.5. The highest BCUT2D eigenvalue weighted by molar-refractivity contribution is 6.37. The van der Waals surface area contributed by atoms with E-state index in [0.717, 1.165) is 0 Å². The van der Waals surface area contributed by atoms with E-state index < -0.39 is 11.8 Å². The molecule has 9 nitrogen and oxygen atoms in total. The van der Waals surface area contributed by atoms with Gasteiger partial charge in [0.1, 0.15) is 0 Å². The van der Waals surface area contributed by atoms with Gasteiger partial charge in [-0.1, -0.05) is 47.5 Å². The third-order valence-electron chi connectivity index (χ3n) is 4.71. The van der Waals surface area contributed by atoms with Crippen molar-refractivity contribution in [1.29, 1.82) is 0 Å². The molecule has 0 aliphatic heterocycles. The SMILES string of the molecule is CCn1cc(NC(=O)c2ccn(COc3c(Cl)cccc3Cl)n2)c(C(=O)Nc2ccccc2)n1. The average Bonchev–Trinajstić information content (AvgIpc) is 3.47. The van der Waals surface area contributed by atoms with Gasteiger partial charge in [0.05, 0.1) is 15.7 Å². The van der Waals surface area contributed by atoms with E-state index in [0.29, 0.717) is 28.0 Å². The molecule has 0 aliphatic rings. The van der Waals surface area contributed by atoms with Crippen molar-refractivity contribution in [1.82, 2.24) is 19.6 Å². The summed E-state index contributed by atoms with van der Waals surface area (Å²) in [6.07, 6.45) is 3.18. The number of anilines is 2. The van der Waals surface area contributed by atoms with Crippen LogP contribution in [-0.4, -0.2) is 31.4 Å². The maximum absolute atomic E-state index is 12.8. The van der Waals surface area contributed by atoms with Crippen molar-refractivity contribution in [3.63, 3.8) is 0 Å². The first-order chi connectivity index (χ1) is 16.4. The Morgan fingerprint density at radius 3 is 2.35 bits per heavy atom. The Bertz CT molecular complexity index is 1300. The van der Waals surface area contributed by atoms with E-state index in [2.05, 4.69) is 20.8 Å². The first-order valence-electron chi connectivity index (χ1n) is 10.3. The summed E-state index contributed by atoms with van der Waals surface area (Å²) in [6.45, 7) is 2.40. The Balaban J connectivity index is 1.45. The molecule has 2 N–H and O–H groups in total. The number of hydrogen-bond acceptors (Lipinski definition) is 5. The molecule has 174 valence electrons. The van der Waals surface area contributed by atoms with E-state index >= 15 is 0 Å². The molecular formula is C23H20Cl2N6O3. The van der Waals surface area contributed by atoms with Crippen molar-refractivity contribution in [2.75, 3.05) is 10.6 Å². The van der Waals surface area contributed by atoms with Gasteiger partial charge in [0.15, 0.2) is 23.9 Å². The Morgan fingerprint density at radius 2 is 1.65 bits per heavy atom. The summed E-state index contributed by atoms with van der Waals surface area (Å²) in [4.78, 5) is 25.6. The molecule has 0 saturated carbocycles. The van der Waals surface area contributed by atoms with Crippen molar-refractivity contribution in [2.24, 2.45) is 0 Å². The van der Waals surface area contributed by atoms with Gasteiger partial charge < -0.3 is 15.4 Å². The van der Waals surface area contributed by atoms with Crippen LogP contribution in [0.25, 0.3) is 0 Å². The van der Waals surface area contributed by atoms with Crippen LogP contribution in [0.1, 0.15) is 27.9 Å². The van der Waals surface area contributed by atoms with Crippen LogP contribution in [0.15, 0.2) is 67.0 Å². The van der Waals surface area contributed by atoms with Gasteiger partial charge in [0.25, 0.3) is 11.8 Å². The highest BCUT2D eigenvalue weighted by Gasteiger charge is 2.20. The zero-order valence-corrected chi connectivity index (χ0v) is 19.5. The molecule has 0 unspecified atom stereocenters. The fourth-order valence-corrected chi connectivity index (χ4v) is 3.55. The number of para-hydroxylation sites is 2. The first-order valence-corrected chi connectivity index (χ1v) is 11.1. The maximum atomic E-state index is 12.8. The minimum absolute atomic E-state index is 0.00473. The lowest BCUT2D eigenvalue weighted by atomic mass is 10.3. The smallest absolute Gasteiger partial charge is 0.278 e. The van der Waals surface area contributed by atoms with Gasteiger partial charge in [0, 0.05) is 24.6 Å². The Hall–Kier alpha value is -3.82. The van der Waals surface area contributed by atoms with E-state index in [1.54, 1.807) is 47.4 Å². The van der Waals surface area contributed by atoms with E-state index in [9.17, 15) is 9.59 Å². The number of ether oxygens (including phenoxy) is 1. The van der Waals surface area contributed by atoms with Crippen molar-refractivity contribution in [3.8, 4) is 5.75 Å². The summed E-state index contributed by atoms with van der Waals surface area (Å²) in [7, 11) is 0. The van der Waals surface area contributed by atoms with Crippen LogP contribution in [0.5, 0.6) is 5.75 Å². The van der Waals surface area contributed by atoms with Gasteiger partial charge in [-0.15, -0.1) is 0 Å². The second-order valence-corrected chi connectivity index (χ2v) is 7.90. The molecule has 0 atom stereocenters. The summed E-state index contributed by atoms with van der Waals surface area (Å²) >= 11 is 12.2. The topological polar surface area (TPSA) is 103 Å². The van der Waals surface area contributed by atoms with Crippen molar-refractivity contribution in [3.05, 3.63) is 88.4 Å². The van der Waals surface area contributed by atoms with E-state index in [1.165, 1.54) is 10.7 Å². The molecule has 2 aromatic carbocycles. The summed E-state index contributed by atoms with van der Waals surface area (Å²) in [5.74, 6) is -0.614. The van der Waals surface area contributed by atoms with Gasteiger partial charge in [-0.2, -0.15) is 10.2 Å². The maximum Gasteiger partial charge on any atom is 0.278 e. The normalized spacial score (nSPS) is 10.7.